The van der Waals surface area contributed by atoms with E-state index in [4.69, 9.17) is 16.2 Å². The summed E-state index contributed by atoms with van der Waals surface area (Å²) in [6, 6.07) is 5.43. The molecule has 3 atom stereocenters. The maximum absolute atomic E-state index is 12.6. The summed E-state index contributed by atoms with van der Waals surface area (Å²) in [6.45, 7) is 3.67. The van der Waals surface area contributed by atoms with Crippen LogP contribution in [0.3, 0.4) is 0 Å². The van der Waals surface area contributed by atoms with E-state index in [0.29, 0.717) is 6.42 Å². The molecule has 0 radical (unpaired) electrons. The number of hydrogen-bond donors (Lipinski definition) is 6. The van der Waals surface area contributed by atoms with Gasteiger partial charge in [0.25, 0.3) is 0 Å². The second kappa shape index (κ2) is 16.6. The van der Waals surface area contributed by atoms with Crippen LogP contribution in [0.25, 0.3) is 0 Å². The zero-order valence-electron chi connectivity index (χ0n) is 21.6. The number of nitrogens with one attached hydrogen (secondary N) is 3. The van der Waals surface area contributed by atoms with Gasteiger partial charge in [0.1, 0.15) is 24.7 Å². The van der Waals surface area contributed by atoms with Crippen LogP contribution in [0.1, 0.15) is 57.9 Å². The minimum absolute atomic E-state index is 0.00674. The van der Waals surface area contributed by atoms with E-state index in [1.165, 1.54) is 0 Å². The molecular formula is C25H37N5O8. The molecule has 38 heavy (non-hydrogen) atoms. The lowest BCUT2D eigenvalue weighted by atomic mass is 10.0. The van der Waals surface area contributed by atoms with Gasteiger partial charge in [0, 0.05) is 6.42 Å². The van der Waals surface area contributed by atoms with Gasteiger partial charge in [0.15, 0.2) is 0 Å². The average Bonchev–Trinajstić information content (AvgIpc) is 2.83. The quantitative estimate of drug-likeness (QED) is 0.152. The fourth-order valence-electron chi connectivity index (χ4n) is 3.46. The molecule has 0 aliphatic carbocycles. The van der Waals surface area contributed by atoms with Gasteiger partial charge in [-0.2, -0.15) is 0 Å². The van der Waals surface area contributed by atoms with Crippen molar-refractivity contribution < 1.29 is 38.6 Å². The average molecular weight is 536 g/mol. The van der Waals surface area contributed by atoms with Gasteiger partial charge in [-0.1, -0.05) is 50.6 Å². The monoisotopic (exact) mass is 535 g/mol. The topological polar surface area (TPSA) is 220 Å². The number of unbranched alkanes of at least 4 members (excludes halogenated alkanes) is 1. The standard InChI is InChI=1S/C25H37N5O8/c1-15(2)12-19(23(34)29-18(22(27)33)13-20(26)31)28-21(32)11-7-6-10-17(24(35)36)30-25(37)38-14-16-8-4-3-5-9-16/h3-5,8-9,15,17-19H,6-7,10-14H2,1-2H3,(H2,26,31)(H2,27,33)(H,28,32)(H,29,34)(H,30,37)(H,35,36)/t17?,18-,19-/m0/s1. The molecule has 13 heteroatoms. The first kappa shape index (κ1) is 31.9. The Hall–Kier alpha value is -4.16. The summed E-state index contributed by atoms with van der Waals surface area (Å²) in [5, 5.41) is 16.6. The van der Waals surface area contributed by atoms with Crippen molar-refractivity contribution in [3.05, 3.63) is 35.9 Å². The summed E-state index contributed by atoms with van der Waals surface area (Å²) < 4.78 is 5.04. The van der Waals surface area contributed by atoms with Gasteiger partial charge in [0.2, 0.25) is 23.6 Å². The SMILES string of the molecule is CC(C)C[C@H](NC(=O)CCCCC(NC(=O)OCc1ccccc1)C(=O)O)C(=O)N[C@@H](CC(N)=O)C(N)=O. The second-order valence-corrected chi connectivity index (χ2v) is 9.23. The first-order chi connectivity index (χ1) is 17.9. The molecule has 1 aromatic carbocycles. The molecule has 0 spiro atoms. The molecular weight excluding hydrogens is 498 g/mol. The number of rotatable bonds is 17. The number of benzene rings is 1. The highest BCUT2D eigenvalue weighted by Crippen LogP contribution is 2.09. The maximum atomic E-state index is 12.6. The normalized spacial score (nSPS) is 13.0. The number of aliphatic carboxylic acids is 1. The fraction of sp³-hybridized carbons (Fsp3) is 0.520. The van der Waals surface area contributed by atoms with Crippen molar-refractivity contribution in [2.45, 2.75) is 77.1 Å². The molecule has 5 amide bonds. The summed E-state index contributed by atoms with van der Waals surface area (Å²) >= 11 is 0. The van der Waals surface area contributed by atoms with Crippen LogP contribution in [0.4, 0.5) is 4.79 Å². The van der Waals surface area contributed by atoms with Gasteiger partial charge >= 0.3 is 12.1 Å². The molecule has 0 saturated heterocycles. The van der Waals surface area contributed by atoms with Crippen LogP contribution in [0.5, 0.6) is 0 Å². The van der Waals surface area contributed by atoms with Crippen molar-refractivity contribution in [1.82, 2.24) is 16.0 Å². The predicted molar refractivity (Wildman–Crippen MR) is 136 cm³/mol. The van der Waals surface area contributed by atoms with Gasteiger partial charge in [-0.15, -0.1) is 0 Å². The van der Waals surface area contributed by atoms with E-state index in [1.807, 2.05) is 19.9 Å². The number of carbonyl (C=O) groups is 6. The first-order valence-electron chi connectivity index (χ1n) is 12.3. The summed E-state index contributed by atoms with van der Waals surface area (Å²) in [7, 11) is 0. The lowest BCUT2D eigenvalue weighted by Crippen LogP contribution is -2.54. The minimum atomic E-state index is -1.30. The third kappa shape index (κ3) is 13.2. The van der Waals surface area contributed by atoms with Gasteiger partial charge in [-0.05, 0) is 30.7 Å². The number of primary amides is 2. The van der Waals surface area contributed by atoms with E-state index in [2.05, 4.69) is 16.0 Å². The largest absolute Gasteiger partial charge is 0.480 e. The molecule has 8 N–H and O–H groups in total. The number of amides is 5. The van der Waals surface area contributed by atoms with E-state index < -0.39 is 60.2 Å². The van der Waals surface area contributed by atoms with Gasteiger partial charge in [-0.25, -0.2) is 9.59 Å². The number of carboxylic acid groups (broad SMARTS) is 1. The lowest BCUT2D eigenvalue weighted by Gasteiger charge is -2.23. The number of carboxylic acids is 1. The summed E-state index contributed by atoms with van der Waals surface area (Å²) in [5.74, 6) is -4.12. The van der Waals surface area contributed by atoms with E-state index in [9.17, 15) is 33.9 Å². The minimum Gasteiger partial charge on any atom is -0.480 e. The number of nitrogens with two attached hydrogens (primary N) is 2. The third-order valence-electron chi connectivity index (χ3n) is 5.37. The van der Waals surface area contributed by atoms with Crippen LogP contribution in [-0.4, -0.2) is 58.9 Å². The third-order valence-corrected chi connectivity index (χ3v) is 5.37. The van der Waals surface area contributed by atoms with Crippen LogP contribution >= 0.6 is 0 Å². The number of ether oxygens (including phenoxy) is 1. The molecule has 0 aliphatic rings. The first-order valence-corrected chi connectivity index (χ1v) is 12.3. The molecule has 13 nitrogen and oxygen atoms in total. The lowest BCUT2D eigenvalue weighted by molar-refractivity contribution is -0.139. The molecule has 0 saturated carbocycles. The molecule has 0 bridgehead atoms. The second-order valence-electron chi connectivity index (χ2n) is 9.23. The molecule has 0 fully saturated rings. The van der Waals surface area contributed by atoms with Crippen LogP contribution in [0.2, 0.25) is 0 Å². The maximum Gasteiger partial charge on any atom is 0.408 e. The van der Waals surface area contributed by atoms with Crippen LogP contribution in [0, 0.1) is 5.92 Å². The smallest absolute Gasteiger partial charge is 0.408 e. The molecule has 0 aromatic heterocycles. The highest BCUT2D eigenvalue weighted by Gasteiger charge is 2.27. The van der Waals surface area contributed by atoms with Crippen LogP contribution in [0.15, 0.2) is 30.3 Å². The Morgan fingerprint density at radius 2 is 1.55 bits per heavy atom. The Morgan fingerprint density at radius 3 is 2.11 bits per heavy atom. The molecule has 1 aromatic rings. The number of carbonyl (C=O) groups excluding carboxylic acids is 5. The molecule has 1 unspecified atom stereocenters. The summed E-state index contributed by atoms with van der Waals surface area (Å²) in [6.07, 6.45) is -0.436. The molecule has 210 valence electrons. The number of alkyl carbamates (subject to hydrolysis) is 1. The van der Waals surface area contributed by atoms with Crippen molar-refractivity contribution in [3.8, 4) is 0 Å². The zero-order valence-corrected chi connectivity index (χ0v) is 21.6. The van der Waals surface area contributed by atoms with Crippen LogP contribution in [-0.2, 0) is 35.3 Å². The van der Waals surface area contributed by atoms with Gasteiger partial charge < -0.3 is 37.3 Å². The highest BCUT2D eigenvalue weighted by molar-refractivity contribution is 5.93. The van der Waals surface area contributed by atoms with Gasteiger partial charge in [0.05, 0.1) is 6.42 Å². The number of hydrogen-bond acceptors (Lipinski definition) is 7. The van der Waals surface area contributed by atoms with Gasteiger partial charge in [-0.3, -0.25) is 19.2 Å². The van der Waals surface area contributed by atoms with E-state index in [0.717, 1.165) is 5.56 Å². The van der Waals surface area contributed by atoms with E-state index >= 15 is 0 Å². The Kier molecular flexibility index (Phi) is 13.9. The Bertz CT molecular complexity index is 970. The summed E-state index contributed by atoms with van der Waals surface area (Å²) in [5.41, 5.74) is 11.0. The van der Waals surface area contributed by atoms with Crippen molar-refractivity contribution in [3.63, 3.8) is 0 Å². The van der Waals surface area contributed by atoms with Crippen LogP contribution < -0.4 is 27.4 Å². The Morgan fingerprint density at radius 1 is 0.895 bits per heavy atom. The Labute approximate surface area is 221 Å². The molecule has 1 rings (SSSR count). The van der Waals surface area contributed by atoms with E-state index in [1.54, 1.807) is 24.3 Å². The predicted octanol–water partition coefficient (Wildman–Crippen LogP) is 0.303. The highest BCUT2D eigenvalue weighted by atomic mass is 16.5. The van der Waals surface area contributed by atoms with Crippen molar-refractivity contribution in [1.29, 1.82) is 0 Å². The van der Waals surface area contributed by atoms with E-state index in [-0.39, 0.29) is 38.2 Å². The van der Waals surface area contributed by atoms with Crippen molar-refractivity contribution in [2.24, 2.45) is 17.4 Å². The van der Waals surface area contributed by atoms with Crippen molar-refractivity contribution in [2.75, 3.05) is 0 Å². The molecule has 0 aliphatic heterocycles. The fourth-order valence-corrected chi connectivity index (χ4v) is 3.46. The molecule has 0 heterocycles. The Balaban J connectivity index is 2.53. The summed E-state index contributed by atoms with van der Waals surface area (Å²) in [4.78, 5) is 71.2. The van der Waals surface area contributed by atoms with Crippen molar-refractivity contribution >= 4 is 35.7 Å². The zero-order chi connectivity index (χ0) is 28.7.